The summed E-state index contributed by atoms with van der Waals surface area (Å²) < 4.78 is 0.872. The summed E-state index contributed by atoms with van der Waals surface area (Å²) >= 11 is 3.01. The molecule has 2 N–H and O–H groups in total. The summed E-state index contributed by atoms with van der Waals surface area (Å²) in [7, 11) is 0. The van der Waals surface area contributed by atoms with Gasteiger partial charge in [0.1, 0.15) is 0 Å². The molecule has 0 amide bonds. The molecule has 0 radical (unpaired) electrons. The van der Waals surface area contributed by atoms with Crippen LogP contribution in [0.3, 0.4) is 0 Å². The Morgan fingerprint density at radius 3 is 2.94 bits per heavy atom. The van der Waals surface area contributed by atoms with Crippen molar-refractivity contribution in [1.29, 1.82) is 0 Å². The molecular formula is C12H15N3OS2. The second-order valence-electron chi connectivity index (χ2n) is 3.82. The van der Waals surface area contributed by atoms with Crippen LogP contribution in [0.2, 0.25) is 0 Å². The Balaban J connectivity index is 2.09. The lowest BCUT2D eigenvalue weighted by atomic mass is 10.1. The molecule has 6 heteroatoms. The topological polar surface area (TPSA) is 58.0 Å². The number of aryl methyl sites for hydroxylation is 1. The number of rotatable bonds is 5. The lowest BCUT2D eigenvalue weighted by Crippen LogP contribution is -1.94. The van der Waals surface area contributed by atoms with E-state index in [1.165, 1.54) is 34.2 Å². The van der Waals surface area contributed by atoms with Gasteiger partial charge in [-0.3, -0.25) is 0 Å². The van der Waals surface area contributed by atoms with Crippen molar-refractivity contribution in [1.82, 2.24) is 10.2 Å². The van der Waals surface area contributed by atoms with Crippen LogP contribution in [0.1, 0.15) is 11.1 Å². The van der Waals surface area contributed by atoms with E-state index in [0.29, 0.717) is 5.75 Å². The highest BCUT2D eigenvalue weighted by molar-refractivity contribution is 8.01. The lowest BCUT2D eigenvalue weighted by molar-refractivity contribution is 0.322. The highest BCUT2D eigenvalue weighted by Crippen LogP contribution is 2.29. The number of hydrogen-bond donors (Lipinski definition) is 2. The van der Waals surface area contributed by atoms with Gasteiger partial charge in [0.25, 0.3) is 0 Å². The predicted octanol–water partition coefficient (Wildman–Crippen LogP) is 2.98. The lowest BCUT2D eigenvalue weighted by Gasteiger charge is -2.08. The van der Waals surface area contributed by atoms with E-state index in [2.05, 4.69) is 35.4 Å². The molecule has 0 aliphatic rings. The summed E-state index contributed by atoms with van der Waals surface area (Å²) in [6.45, 7) is 4.33. The summed E-state index contributed by atoms with van der Waals surface area (Å²) in [5, 5.41) is 21.0. The molecule has 1 aromatic heterocycles. The first kappa shape index (κ1) is 13.3. The van der Waals surface area contributed by atoms with Gasteiger partial charge in [-0.1, -0.05) is 35.2 Å². The number of hydrogen-bond acceptors (Lipinski definition) is 6. The third-order valence-electron chi connectivity index (χ3n) is 2.57. The van der Waals surface area contributed by atoms with Gasteiger partial charge in [-0.25, -0.2) is 0 Å². The van der Waals surface area contributed by atoms with Gasteiger partial charge >= 0.3 is 0 Å². The molecule has 0 spiro atoms. The number of aliphatic hydroxyl groups excluding tert-OH is 1. The van der Waals surface area contributed by atoms with Gasteiger partial charge in [0, 0.05) is 11.4 Å². The Hall–Kier alpha value is -1.11. The number of aromatic nitrogens is 2. The van der Waals surface area contributed by atoms with Crippen molar-refractivity contribution < 1.29 is 5.11 Å². The van der Waals surface area contributed by atoms with Crippen LogP contribution >= 0.6 is 23.1 Å². The minimum absolute atomic E-state index is 0.157. The molecule has 0 unspecified atom stereocenters. The van der Waals surface area contributed by atoms with Crippen molar-refractivity contribution in [3.63, 3.8) is 0 Å². The summed E-state index contributed by atoms with van der Waals surface area (Å²) in [6.07, 6.45) is 0. The predicted molar refractivity (Wildman–Crippen MR) is 76.9 cm³/mol. The van der Waals surface area contributed by atoms with Crippen molar-refractivity contribution in [3.8, 4) is 0 Å². The van der Waals surface area contributed by atoms with Crippen LogP contribution in [0.15, 0.2) is 22.5 Å². The van der Waals surface area contributed by atoms with Crippen LogP contribution < -0.4 is 5.32 Å². The first-order chi connectivity index (χ1) is 8.70. The van der Waals surface area contributed by atoms with E-state index < -0.39 is 0 Å². The SMILES string of the molecule is Cc1cccc(Nc2nnc(SCCO)s2)c1C. The normalized spacial score (nSPS) is 10.6. The second-order valence-corrected chi connectivity index (χ2v) is 6.14. The third kappa shape index (κ3) is 3.22. The zero-order valence-electron chi connectivity index (χ0n) is 10.3. The van der Waals surface area contributed by atoms with Gasteiger partial charge in [0.15, 0.2) is 4.34 Å². The monoisotopic (exact) mass is 281 g/mol. The van der Waals surface area contributed by atoms with Gasteiger partial charge in [-0.2, -0.15) is 0 Å². The highest BCUT2D eigenvalue weighted by atomic mass is 32.2. The van der Waals surface area contributed by atoms with Crippen molar-refractivity contribution in [2.24, 2.45) is 0 Å². The van der Waals surface area contributed by atoms with Gasteiger partial charge in [0.2, 0.25) is 5.13 Å². The van der Waals surface area contributed by atoms with Crippen LogP contribution in [0.5, 0.6) is 0 Å². The molecule has 0 saturated carbocycles. The number of anilines is 2. The molecule has 0 aliphatic carbocycles. The average Bonchev–Trinajstić information content (AvgIpc) is 2.80. The standard InChI is InChI=1S/C12H15N3OS2/c1-8-4-3-5-10(9(8)2)13-11-14-15-12(18-11)17-7-6-16/h3-5,16H,6-7H2,1-2H3,(H,13,14). The van der Waals surface area contributed by atoms with E-state index in [9.17, 15) is 0 Å². The van der Waals surface area contributed by atoms with Crippen molar-refractivity contribution in [3.05, 3.63) is 29.3 Å². The van der Waals surface area contributed by atoms with Crippen molar-refractivity contribution in [2.75, 3.05) is 17.7 Å². The number of benzene rings is 1. The smallest absolute Gasteiger partial charge is 0.210 e. The number of nitrogens with one attached hydrogen (secondary N) is 1. The summed E-state index contributed by atoms with van der Waals surface area (Å²) in [5.41, 5.74) is 3.53. The van der Waals surface area contributed by atoms with Crippen LogP contribution in [-0.4, -0.2) is 27.7 Å². The Bertz CT molecular complexity index is 528. The van der Waals surface area contributed by atoms with Gasteiger partial charge in [0.05, 0.1) is 6.61 Å². The second kappa shape index (κ2) is 6.17. The fourth-order valence-electron chi connectivity index (χ4n) is 1.45. The molecule has 0 saturated heterocycles. The molecule has 2 rings (SSSR count). The Morgan fingerprint density at radius 2 is 2.17 bits per heavy atom. The van der Waals surface area contributed by atoms with Crippen LogP contribution in [0, 0.1) is 13.8 Å². The maximum absolute atomic E-state index is 8.76. The number of aliphatic hydroxyl groups is 1. The molecule has 1 aromatic carbocycles. The van der Waals surface area contributed by atoms with Gasteiger partial charge in [-0.15, -0.1) is 10.2 Å². The molecule has 1 heterocycles. The number of thioether (sulfide) groups is 1. The summed E-state index contributed by atoms with van der Waals surface area (Å²) in [5.74, 6) is 0.651. The van der Waals surface area contributed by atoms with Gasteiger partial charge < -0.3 is 10.4 Å². The van der Waals surface area contributed by atoms with E-state index in [4.69, 9.17) is 5.11 Å². The zero-order valence-corrected chi connectivity index (χ0v) is 11.9. The Labute approximate surface area is 114 Å². The van der Waals surface area contributed by atoms with E-state index in [1.807, 2.05) is 12.1 Å². The highest BCUT2D eigenvalue weighted by Gasteiger charge is 2.06. The Morgan fingerprint density at radius 1 is 1.33 bits per heavy atom. The molecule has 0 aliphatic heterocycles. The minimum Gasteiger partial charge on any atom is -0.396 e. The van der Waals surface area contributed by atoms with Crippen molar-refractivity contribution in [2.45, 2.75) is 18.2 Å². The minimum atomic E-state index is 0.157. The van der Waals surface area contributed by atoms with Gasteiger partial charge in [-0.05, 0) is 31.0 Å². The van der Waals surface area contributed by atoms with E-state index in [0.717, 1.165) is 15.2 Å². The largest absolute Gasteiger partial charge is 0.396 e. The maximum atomic E-state index is 8.76. The van der Waals surface area contributed by atoms with Crippen molar-refractivity contribution >= 4 is 33.9 Å². The molecule has 0 bridgehead atoms. The maximum Gasteiger partial charge on any atom is 0.210 e. The molecule has 0 atom stereocenters. The van der Waals surface area contributed by atoms with E-state index in [1.54, 1.807) is 0 Å². The summed E-state index contributed by atoms with van der Waals surface area (Å²) in [6, 6.07) is 6.14. The molecule has 4 nitrogen and oxygen atoms in total. The van der Waals surface area contributed by atoms with E-state index >= 15 is 0 Å². The first-order valence-electron chi connectivity index (χ1n) is 5.61. The molecule has 18 heavy (non-hydrogen) atoms. The van der Waals surface area contributed by atoms with Crippen LogP contribution in [0.25, 0.3) is 0 Å². The fourth-order valence-corrected chi connectivity index (χ4v) is 3.03. The zero-order chi connectivity index (χ0) is 13.0. The molecule has 0 fully saturated rings. The molecule has 2 aromatic rings. The third-order valence-corrected chi connectivity index (χ3v) is 4.52. The molecule has 96 valence electrons. The average molecular weight is 281 g/mol. The van der Waals surface area contributed by atoms with Crippen LogP contribution in [-0.2, 0) is 0 Å². The molecular weight excluding hydrogens is 266 g/mol. The van der Waals surface area contributed by atoms with Crippen LogP contribution in [0.4, 0.5) is 10.8 Å². The summed E-state index contributed by atoms with van der Waals surface area (Å²) in [4.78, 5) is 0. The quantitative estimate of drug-likeness (QED) is 0.825. The fraction of sp³-hybridized carbons (Fsp3) is 0.333. The first-order valence-corrected chi connectivity index (χ1v) is 7.41. The number of nitrogens with zero attached hydrogens (tertiary/aromatic N) is 2. The Kier molecular flexibility index (Phi) is 4.57. The van der Waals surface area contributed by atoms with E-state index in [-0.39, 0.29) is 6.61 Å².